The molecule has 0 aliphatic carbocycles. The van der Waals surface area contributed by atoms with Crippen LogP contribution < -0.4 is 11.1 Å². The van der Waals surface area contributed by atoms with Crippen LogP contribution in [0.4, 0.5) is 16.3 Å². The summed E-state index contributed by atoms with van der Waals surface area (Å²) in [5.74, 6) is 0.570. The zero-order chi connectivity index (χ0) is 12.0. The highest BCUT2D eigenvalue weighted by Gasteiger charge is 2.07. The minimum absolute atomic E-state index is 0.0515. The Kier molecular flexibility index (Phi) is 4.46. The van der Waals surface area contributed by atoms with Gasteiger partial charge >= 0.3 is 6.09 Å². The van der Waals surface area contributed by atoms with Crippen molar-refractivity contribution in [1.82, 2.24) is 9.97 Å². The fourth-order valence-electron chi connectivity index (χ4n) is 1.03. The minimum Gasteiger partial charge on any atom is -0.450 e. The van der Waals surface area contributed by atoms with E-state index in [0.29, 0.717) is 17.9 Å². The van der Waals surface area contributed by atoms with Gasteiger partial charge in [0.25, 0.3) is 0 Å². The molecule has 0 unspecified atom stereocenters. The first-order chi connectivity index (χ1) is 7.67. The third kappa shape index (κ3) is 3.35. The predicted octanol–water partition coefficient (Wildman–Crippen LogP) is 0.162. The molecule has 7 heteroatoms. The summed E-state index contributed by atoms with van der Waals surface area (Å²) < 4.78 is 4.68. The van der Waals surface area contributed by atoms with Gasteiger partial charge in [0.05, 0.1) is 19.4 Å². The van der Waals surface area contributed by atoms with E-state index in [1.807, 2.05) is 0 Å². The molecule has 0 saturated carbocycles. The number of aromatic nitrogens is 2. The second kappa shape index (κ2) is 5.86. The fourth-order valence-corrected chi connectivity index (χ4v) is 1.03. The highest BCUT2D eigenvalue weighted by molar-refractivity contribution is 5.87. The number of nitrogens with one attached hydrogen (secondary N) is 1. The van der Waals surface area contributed by atoms with Gasteiger partial charge in [0.15, 0.2) is 5.82 Å². The van der Waals surface area contributed by atoms with Gasteiger partial charge in [-0.1, -0.05) is 0 Å². The number of hydrogen-bond acceptors (Lipinski definition) is 6. The van der Waals surface area contributed by atoms with E-state index < -0.39 is 6.09 Å². The summed E-state index contributed by atoms with van der Waals surface area (Å²) in [6.45, 7) is 1.92. The fraction of sp³-hybridized carbons (Fsp3) is 0.444. The van der Waals surface area contributed by atoms with Crippen molar-refractivity contribution in [3.8, 4) is 0 Å². The molecule has 4 N–H and O–H groups in total. The van der Waals surface area contributed by atoms with Gasteiger partial charge in [-0.3, -0.25) is 5.32 Å². The Balaban J connectivity index is 2.71. The molecular weight excluding hydrogens is 212 g/mol. The van der Waals surface area contributed by atoms with Crippen LogP contribution in [0.2, 0.25) is 0 Å². The SMILES string of the molecule is CCOC(=O)Nc1cnc(CCO)nc1N. The van der Waals surface area contributed by atoms with Gasteiger partial charge in [0.2, 0.25) is 0 Å². The first-order valence-electron chi connectivity index (χ1n) is 4.83. The number of rotatable bonds is 4. The molecule has 1 rings (SSSR count). The van der Waals surface area contributed by atoms with Crippen LogP contribution in [-0.2, 0) is 11.2 Å². The van der Waals surface area contributed by atoms with Crippen LogP contribution in [0.1, 0.15) is 12.7 Å². The molecule has 0 aromatic carbocycles. The van der Waals surface area contributed by atoms with Gasteiger partial charge in [-0.05, 0) is 6.92 Å². The van der Waals surface area contributed by atoms with Gasteiger partial charge in [0.1, 0.15) is 11.5 Å². The van der Waals surface area contributed by atoms with Crippen molar-refractivity contribution in [2.24, 2.45) is 0 Å². The molecule has 0 bridgehead atoms. The first kappa shape index (κ1) is 12.2. The average molecular weight is 226 g/mol. The largest absolute Gasteiger partial charge is 0.450 e. The molecule has 0 fully saturated rings. The molecule has 1 aromatic rings. The molecule has 0 aliphatic heterocycles. The van der Waals surface area contributed by atoms with E-state index in [4.69, 9.17) is 10.8 Å². The highest BCUT2D eigenvalue weighted by Crippen LogP contribution is 2.14. The molecule has 0 saturated heterocycles. The zero-order valence-corrected chi connectivity index (χ0v) is 8.93. The molecule has 16 heavy (non-hydrogen) atoms. The minimum atomic E-state index is -0.604. The zero-order valence-electron chi connectivity index (χ0n) is 8.93. The molecule has 88 valence electrons. The van der Waals surface area contributed by atoms with Crippen LogP contribution in [0.25, 0.3) is 0 Å². The van der Waals surface area contributed by atoms with Gasteiger partial charge in [-0.2, -0.15) is 0 Å². The number of nitrogens with two attached hydrogens (primary N) is 1. The Hall–Kier alpha value is -1.89. The maximum Gasteiger partial charge on any atom is 0.411 e. The monoisotopic (exact) mass is 226 g/mol. The number of nitrogen functional groups attached to an aromatic ring is 1. The Labute approximate surface area is 92.7 Å². The lowest BCUT2D eigenvalue weighted by molar-refractivity contribution is 0.168. The maximum atomic E-state index is 11.1. The quantitative estimate of drug-likeness (QED) is 0.674. The number of amides is 1. The molecule has 0 atom stereocenters. The van der Waals surface area contributed by atoms with E-state index in [9.17, 15) is 4.79 Å². The smallest absolute Gasteiger partial charge is 0.411 e. The number of carbonyl (C=O) groups is 1. The molecule has 1 amide bonds. The van der Waals surface area contributed by atoms with Crippen molar-refractivity contribution < 1.29 is 14.6 Å². The summed E-state index contributed by atoms with van der Waals surface area (Å²) in [5.41, 5.74) is 5.88. The summed E-state index contributed by atoms with van der Waals surface area (Å²) in [4.78, 5) is 18.9. The van der Waals surface area contributed by atoms with Crippen molar-refractivity contribution in [2.75, 3.05) is 24.3 Å². The predicted molar refractivity (Wildman–Crippen MR) is 57.9 cm³/mol. The van der Waals surface area contributed by atoms with Gasteiger partial charge in [-0.15, -0.1) is 0 Å². The van der Waals surface area contributed by atoms with Crippen molar-refractivity contribution >= 4 is 17.6 Å². The van der Waals surface area contributed by atoms with Crippen molar-refractivity contribution in [2.45, 2.75) is 13.3 Å². The number of hydrogen-bond donors (Lipinski definition) is 3. The molecule has 1 heterocycles. The average Bonchev–Trinajstić information content (AvgIpc) is 2.23. The van der Waals surface area contributed by atoms with Crippen LogP contribution >= 0.6 is 0 Å². The third-order valence-corrected chi connectivity index (χ3v) is 1.72. The number of anilines is 2. The molecule has 7 nitrogen and oxygen atoms in total. The van der Waals surface area contributed by atoms with Gasteiger partial charge < -0.3 is 15.6 Å². The number of aliphatic hydroxyl groups is 1. The first-order valence-corrected chi connectivity index (χ1v) is 4.83. The van der Waals surface area contributed by atoms with E-state index in [2.05, 4.69) is 20.0 Å². The summed E-state index contributed by atoms with van der Waals surface area (Å²) in [7, 11) is 0. The summed E-state index contributed by atoms with van der Waals surface area (Å²) in [5, 5.41) is 11.1. The Morgan fingerprint density at radius 1 is 1.69 bits per heavy atom. The number of ether oxygens (including phenoxy) is 1. The number of aliphatic hydroxyl groups excluding tert-OH is 1. The molecular formula is C9H14N4O3. The standard InChI is InChI=1S/C9H14N4O3/c1-2-16-9(15)12-6-5-11-7(3-4-14)13-8(6)10/h5,14H,2-4H2,1H3,(H,12,15)(H2,10,11,13). The number of carbonyl (C=O) groups excluding carboxylic acids is 1. The molecule has 0 radical (unpaired) electrons. The lowest BCUT2D eigenvalue weighted by Gasteiger charge is -2.07. The van der Waals surface area contributed by atoms with Crippen LogP contribution in [0, 0.1) is 0 Å². The summed E-state index contributed by atoms with van der Waals surface area (Å²) in [6, 6.07) is 0. The summed E-state index contributed by atoms with van der Waals surface area (Å²) >= 11 is 0. The van der Waals surface area contributed by atoms with E-state index in [-0.39, 0.29) is 19.0 Å². The Bertz CT molecular complexity index is 370. The molecule has 0 aliphatic rings. The second-order valence-electron chi connectivity index (χ2n) is 2.90. The Morgan fingerprint density at radius 3 is 3.00 bits per heavy atom. The highest BCUT2D eigenvalue weighted by atomic mass is 16.5. The van der Waals surface area contributed by atoms with Crippen molar-refractivity contribution in [3.63, 3.8) is 0 Å². The van der Waals surface area contributed by atoms with Crippen molar-refractivity contribution in [1.29, 1.82) is 0 Å². The lowest BCUT2D eigenvalue weighted by atomic mass is 10.4. The summed E-state index contributed by atoms with van der Waals surface area (Å²) in [6.07, 6.45) is 1.10. The van der Waals surface area contributed by atoms with Gasteiger partial charge in [0, 0.05) is 6.42 Å². The normalized spacial score (nSPS) is 9.88. The lowest BCUT2D eigenvalue weighted by Crippen LogP contribution is -2.16. The van der Waals surface area contributed by atoms with Crippen LogP contribution in [-0.4, -0.2) is 34.4 Å². The van der Waals surface area contributed by atoms with E-state index in [1.54, 1.807) is 6.92 Å². The van der Waals surface area contributed by atoms with Crippen LogP contribution in [0.5, 0.6) is 0 Å². The second-order valence-corrected chi connectivity index (χ2v) is 2.90. The van der Waals surface area contributed by atoms with E-state index in [0.717, 1.165) is 0 Å². The maximum absolute atomic E-state index is 11.1. The van der Waals surface area contributed by atoms with Gasteiger partial charge in [-0.25, -0.2) is 14.8 Å². The van der Waals surface area contributed by atoms with Crippen LogP contribution in [0.15, 0.2) is 6.20 Å². The van der Waals surface area contributed by atoms with Crippen molar-refractivity contribution in [3.05, 3.63) is 12.0 Å². The molecule has 1 aromatic heterocycles. The topological polar surface area (TPSA) is 110 Å². The van der Waals surface area contributed by atoms with E-state index in [1.165, 1.54) is 6.20 Å². The third-order valence-electron chi connectivity index (χ3n) is 1.72. The Morgan fingerprint density at radius 2 is 2.44 bits per heavy atom. The van der Waals surface area contributed by atoms with Crippen LogP contribution in [0.3, 0.4) is 0 Å². The molecule has 0 spiro atoms. The number of nitrogens with zero attached hydrogens (tertiary/aromatic N) is 2. The van der Waals surface area contributed by atoms with E-state index >= 15 is 0 Å².